The monoisotopic (exact) mass is 357 g/mol. The summed E-state index contributed by atoms with van der Waals surface area (Å²) in [6.07, 6.45) is 5.05. The van der Waals surface area contributed by atoms with Crippen molar-refractivity contribution >= 4 is 17.7 Å². The van der Waals surface area contributed by atoms with E-state index in [-0.39, 0.29) is 5.91 Å². The van der Waals surface area contributed by atoms with E-state index < -0.39 is 0 Å². The van der Waals surface area contributed by atoms with Crippen LogP contribution in [0.1, 0.15) is 36.8 Å². The number of hydrogen-bond donors (Lipinski definition) is 1. The fraction of sp³-hybridized carbons (Fsp3) is 0.556. The lowest BCUT2D eigenvalue weighted by Gasteiger charge is -2.17. The van der Waals surface area contributed by atoms with Gasteiger partial charge in [-0.15, -0.1) is 5.10 Å². The van der Waals surface area contributed by atoms with Gasteiger partial charge in [-0.3, -0.25) is 4.79 Å². The summed E-state index contributed by atoms with van der Waals surface area (Å²) in [5.41, 5.74) is 3.21. The molecule has 2 aliphatic carbocycles. The maximum absolute atomic E-state index is 12.4. The Balaban J connectivity index is 1.42. The molecule has 0 aliphatic heterocycles. The Labute approximate surface area is 151 Å². The smallest absolute Gasteiger partial charge is 0.230 e. The van der Waals surface area contributed by atoms with Crippen molar-refractivity contribution in [3.63, 3.8) is 0 Å². The SMILES string of the molecule is Cc1cccc(C)c1-n1nnnc1SCC(=O)NC(C1CC1)C1CC1. The molecule has 2 saturated carbocycles. The summed E-state index contributed by atoms with van der Waals surface area (Å²) >= 11 is 1.40. The summed E-state index contributed by atoms with van der Waals surface area (Å²) in [6.45, 7) is 4.09. The van der Waals surface area contributed by atoms with Gasteiger partial charge in [-0.1, -0.05) is 30.0 Å². The van der Waals surface area contributed by atoms with Crippen LogP contribution in [0.2, 0.25) is 0 Å². The zero-order valence-electron chi connectivity index (χ0n) is 14.6. The summed E-state index contributed by atoms with van der Waals surface area (Å²) in [5.74, 6) is 1.86. The van der Waals surface area contributed by atoms with Crippen LogP contribution in [0.3, 0.4) is 0 Å². The Morgan fingerprint density at radius 2 is 1.88 bits per heavy atom. The van der Waals surface area contributed by atoms with Crippen molar-refractivity contribution in [2.75, 3.05) is 5.75 Å². The van der Waals surface area contributed by atoms with E-state index in [4.69, 9.17) is 0 Å². The highest BCUT2D eigenvalue weighted by molar-refractivity contribution is 7.99. The average molecular weight is 357 g/mol. The summed E-state index contributed by atoms with van der Waals surface area (Å²) in [5, 5.41) is 15.9. The Bertz CT molecular complexity index is 749. The maximum Gasteiger partial charge on any atom is 0.230 e. The number of tetrazole rings is 1. The van der Waals surface area contributed by atoms with Crippen molar-refractivity contribution in [2.45, 2.75) is 50.7 Å². The molecule has 25 heavy (non-hydrogen) atoms. The number of thioether (sulfide) groups is 1. The van der Waals surface area contributed by atoms with Crippen molar-refractivity contribution in [2.24, 2.45) is 11.8 Å². The van der Waals surface area contributed by atoms with E-state index in [0.29, 0.717) is 28.8 Å². The van der Waals surface area contributed by atoms with Gasteiger partial charge in [-0.25, -0.2) is 0 Å². The molecule has 1 aromatic carbocycles. The van der Waals surface area contributed by atoms with E-state index in [9.17, 15) is 4.79 Å². The number of nitrogens with one attached hydrogen (secondary N) is 1. The van der Waals surface area contributed by atoms with Crippen LogP contribution in [0.4, 0.5) is 0 Å². The van der Waals surface area contributed by atoms with E-state index in [2.05, 4.69) is 20.8 Å². The van der Waals surface area contributed by atoms with Gasteiger partial charge in [0.05, 0.1) is 11.4 Å². The zero-order chi connectivity index (χ0) is 17.4. The van der Waals surface area contributed by atoms with E-state index >= 15 is 0 Å². The summed E-state index contributed by atoms with van der Waals surface area (Å²) in [4.78, 5) is 12.4. The number of aryl methyl sites for hydroxylation is 2. The van der Waals surface area contributed by atoms with E-state index in [1.54, 1.807) is 4.68 Å². The van der Waals surface area contributed by atoms with E-state index in [0.717, 1.165) is 16.8 Å². The molecule has 132 valence electrons. The molecule has 2 fully saturated rings. The largest absolute Gasteiger partial charge is 0.352 e. The van der Waals surface area contributed by atoms with Gasteiger partial charge in [-0.2, -0.15) is 4.68 Å². The van der Waals surface area contributed by atoms with Gasteiger partial charge in [-0.05, 0) is 72.9 Å². The van der Waals surface area contributed by atoms with Gasteiger partial charge < -0.3 is 5.32 Å². The third-order valence-corrected chi connectivity index (χ3v) is 5.93. The first-order valence-electron chi connectivity index (χ1n) is 8.90. The van der Waals surface area contributed by atoms with Crippen LogP contribution in [-0.2, 0) is 4.79 Å². The van der Waals surface area contributed by atoms with Gasteiger partial charge >= 0.3 is 0 Å². The molecule has 0 bridgehead atoms. The highest BCUT2D eigenvalue weighted by atomic mass is 32.2. The fourth-order valence-electron chi connectivity index (χ4n) is 3.44. The lowest BCUT2D eigenvalue weighted by atomic mass is 10.1. The number of hydrogen-bond acceptors (Lipinski definition) is 5. The van der Waals surface area contributed by atoms with Crippen molar-refractivity contribution < 1.29 is 4.79 Å². The number of benzene rings is 1. The third-order valence-electron chi connectivity index (χ3n) is 5.01. The van der Waals surface area contributed by atoms with Crippen LogP contribution in [0, 0.1) is 25.7 Å². The van der Waals surface area contributed by atoms with Crippen LogP contribution in [0.5, 0.6) is 0 Å². The van der Waals surface area contributed by atoms with E-state index in [1.807, 2.05) is 32.0 Å². The normalized spacial score (nSPS) is 17.1. The molecule has 1 amide bonds. The van der Waals surface area contributed by atoms with Gasteiger partial charge in [0.15, 0.2) is 0 Å². The maximum atomic E-state index is 12.4. The van der Waals surface area contributed by atoms with Gasteiger partial charge in [0, 0.05) is 6.04 Å². The predicted octanol–water partition coefficient (Wildman–Crippen LogP) is 2.68. The van der Waals surface area contributed by atoms with Crippen LogP contribution < -0.4 is 5.32 Å². The van der Waals surface area contributed by atoms with Crippen LogP contribution >= 0.6 is 11.8 Å². The van der Waals surface area contributed by atoms with Gasteiger partial charge in [0.25, 0.3) is 0 Å². The summed E-state index contributed by atoms with van der Waals surface area (Å²) in [6, 6.07) is 6.50. The molecule has 0 saturated heterocycles. The first-order valence-corrected chi connectivity index (χ1v) is 9.89. The molecule has 2 aliphatic rings. The van der Waals surface area contributed by atoms with Crippen LogP contribution in [-0.4, -0.2) is 37.9 Å². The summed E-state index contributed by atoms with van der Waals surface area (Å²) in [7, 11) is 0. The Hall–Kier alpha value is -1.89. The highest BCUT2D eigenvalue weighted by Gasteiger charge is 2.42. The average Bonchev–Trinajstić information content (AvgIpc) is 3.50. The minimum absolute atomic E-state index is 0.0878. The van der Waals surface area contributed by atoms with Crippen LogP contribution in [0.25, 0.3) is 5.69 Å². The highest BCUT2D eigenvalue weighted by Crippen LogP contribution is 2.44. The molecular weight excluding hydrogens is 334 g/mol. The number of para-hydroxylation sites is 1. The second-order valence-corrected chi connectivity index (χ2v) is 8.11. The van der Waals surface area contributed by atoms with Crippen LogP contribution in [0.15, 0.2) is 23.4 Å². The lowest BCUT2D eigenvalue weighted by Crippen LogP contribution is -2.39. The number of rotatable bonds is 7. The first kappa shape index (κ1) is 16.6. The molecule has 1 heterocycles. The number of nitrogens with zero attached hydrogens (tertiary/aromatic N) is 4. The molecule has 2 aromatic rings. The standard InChI is InChI=1S/C18H23N5OS/c1-11-4-3-5-12(2)17(11)23-18(20-21-22-23)25-10-15(24)19-16(13-6-7-13)14-8-9-14/h3-5,13-14,16H,6-10H2,1-2H3,(H,19,24). The second-order valence-electron chi connectivity index (χ2n) is 7.17. The molecule has 4 rings (SSSR count). The zero-order valence-corrected chi connectivity index (χ0v) is 15.4. The van der Waals surface area contributed by atoms with E-state index in [1.165, 1.54) is 37.4 Å². The topological polar surface area (TPSA) is 72.7 Å². The molecule has 0 spiro atoms. The lowest BCUT2D eigenvalue weighted by molar-refractivity contribution is -0.119. The number of aromatic nitrogens is 4. The Morgan fingerprint density at radius 1 is 1.24 bits per heavy atom. The first-order chi connectivity index (χ1) is 12.1. The molecule has 1 aromatic heterocycles. The minimum atomic E-state index is 0.0878. The number of amides is 1. The molecule has 0 unspecified atom stereocenters. The molecule has 0 radical (unpaired) electrons. The van der Waals surface area contributed by atoms with Gasteiger partial charge in [0.1, 0.15) is 0 Å². The second kappa shape index (κ2) is 6.78. The molecule has 0 atom stereocenters. The molecule has 1 N–H and O–H groups in total. The number of carbonyl (C=O) groups excluding carboxylic acids is 1. The molecular formula is C18H23N5OS. The van der Waals surface area contributed by atoms with Crippen molar-refractivity contribution in [3.8, 4) is 5.69 Å². The molecule has 7 heteroatoms. The van der Waals surface area contributed by atoms with Crippen molar-refractivity contribution in [1.29, 1.82) is 0 Å². The fourth-order valence-corrected chi connectivity index (χ4v) is 4.13. The molecule has 6 nitrogen and oxygen atoms in total. The Kier molecular flexibility index (Phi) is 4.50. The predicted molar refractivity (Wildman–Crippen MR) is 96.7 cm³/mol. The number of carbonyl (C=O) groups is 1. The minimum Gasteiger partial charge on any atom is -0.352 e. The third kappa shape index (κ3) is 3.71. The van der Waals surface area contributed by atoms with Gasteiger partial charge in [0.2, 0.25) is 11.1 Å². The summed E-state index contributed by atoms with van der Waals surface area (Å²) < 4.78 is 1.74. The quantitative estimate of drug-likeness (QED) is 0.771. The van der Waals surface area contributed by atoms with Crippen molar-refractivity contribution in [3.05, 3.63) is 29.3 Å². The Morgan fingerprint density at radius 3 is 2.48 bits per heavy atom. The van der Waals surface area contributed by atoms with Crippen molar-refractivity contribution in [1.82, 2.24) is 25.5 Å².